The molecular weight excluding hydrogens is 522 g/mol. The predicted octanol–water partition coefficient (Wildman–Crippen LogP) is -1.38. The summed E-state index contributed by atoms with van der Waals surface area (Å²) in [5.41, 5.74) is 0.662. The van der Waals surface area contributed by atoms with E-state index in [0.29, 0.717) is 18.5 Å². The van der Waals surface area contributed by atoms with Gasteiger partial charge in [-0.2, -0.15) is 0 Å². The van der Waals surface area contributed by atoms with Crippen LogP contribution in [0.15, 0.2) is 18.2 Å². The lowest BCUT2D eigenvalue weighted by molar-refractivity contribution is -0.136. The molecule has 1 aromatic rings. The van der Waals surface area contributed by atoms with Gasteiger partial charge in [0, 0.05) is 44.2 Å². The van der Waals surface area contributed by atoms with Gasteiger partial charge in [-0.05, 0) is 12.5 Å². The Bertz CT molecular complexity index is 1130. The van der Waals surface area contributed by atoms with Crippen LogP contribution in [-0.4, -0.2) is 102 Å². The zero-order chi connectivity index (χ0) is 28.1. The Kier molecular flexibility index (Phi) is 12.3. The maximum Gasteiger partial charge on any atom is 0.257 e. The largest absolute Gasteiger partial charge is 0.382 e. The summed E-state index contributed by atoms with van der Waals surface area (Å²) in [4.78, 5) is 61.2. The van der Waals surface area contributed by atoms with Gasteiger partial charge in [-0.1, -0.05) is 12.1 Å². The average Bonchev–Trinajstić information content (AvgIpc) is 2.85. The number of piperidine rings is 1. The van der Waals surface area contributed by atoms with Crippen molar-refractivity contribution in [2.45, 2.75) is 25.3 Å². The van der Waals surface area contributed by atoms with Crippen molar-refractivity contribution >= 4 is 45.6 Å². The Morgan fingerprint density at radius 1 is 1.16 bits per heavy atom. The standard InChI is InChI=1S/C23H33N5O9S/c1-28(18-5-6-20(31)27-22(18)32)23(33)21-16(15-29)3-2-4-17(21)25-8-11-37-13-12-36-10-7-19(30)26-9-14-38(24,34)35/h2-4,15,18,25H,5-14H2,1H3,(H,26,30)(H2,24,34,35)(H,27,31,32). The van der Waals surface area contributed by atoms with Crippen LogP contribution in [0, 0.1) is 0 Å². The lowest BCUT2D eigenvalue weighted by Gasteiger charge is -2.30. The van der Waals surface area contributed by atoms with Gasteiger partial charge in [0.1, 0.15) is 6.04 Å². The molecule has 1 heterocycles. The zero-order valence-corrected chi connectivity index (χ0v) is 21.9. The number of imide groups is 1. The number of ether oxygens (including phenoxy) is 2. The third-order valence-corrected chi connectivity index (χ3v) is 6.32. The lowest BCUT2D eigenvalue weighted by Crippen LogP contribution is -2.53. The van der Waals surface area contributed by atoms with Gasteiger partial charge in [0.15, 0.2) is 6.29 Å². The molecular formula is C23H33N5O9S. The van der Waals surface area contributed by atoms with Gasteiger partial charge in [-0.15, -0.1) is 0 Å². The van der Waals surface area contributed by atoms with Crippen LogP contribution in [0.3, 0.4) is 0 Å². The molecule has 1 unspecified atom stereocenters. The highest BCUT2D eigenvalue weighted by atomic mass is 32.2. The van der Waals surface area contributed by atoms with E-state index < -0.39 is 33.8 Å². The van der Waals surface area contributed by atoms with Crippen LogP contribution in [0.5, 0.6) is 0 Å². The number of likely N-dealkylation sites (N-methyl/N-ethyl adjacent to an activating group) is 1. The quantitative estimate of drug-likeness (QED) is 0.107. The van der Waals surface area contributed by atoms with Gasteiger partial charge in [0.2, 0.25) is 27.7 Å². The van der Waals surface area contributed by atoms with Gasteiger partial charge in [0.05, 0.1) is 37.7 Å². The molecule has 4 amide bonds. The molecule has 0 bridgehead atoms. The summed E-state index contributed by atoms with van der Waals surface area (Å²) in [6, 6.07) is 3.92. The van der Waals surface area contributed by atoms with E-state index in [2.05, 4.69) is 16.0 Å². The van der Waals surface area contributed by atoms with Crippen molar-refractivity contribution in [1.29, 1.82) is 0 Å². The predicted molar refractivity (Wildman–Crippen MR) is 136 cm³/mol. The second-order valence-corrected chi connectivity index (χ2v) is 10.1. The number of nitrogens with two attached hydrogens (primary N) is 1. The highest BCUT2D eigenvalue weighted by molar-refractivity contribution is 7.89. The molecule has 2 rings (SSSR count). The van der Waals surface area contributed by atoms with Gasteiger partial charge in [0.25, 0.3) is 5.91 Å². The Morgan fingerprint density at radius 2 is 1.87 bits per heavy atom. The number of carbonyl (C=O) groups is 5. The molecule has 38 heavy (non-hydrogen) atoms. The number of nitrogens with one attached hydrogen (secondary N) is 3. The first kappa shape index (κ1) is 30.8. The molecule has 5 N–H and O–H groups in total. The van der Waals surface area contributed by atoms with Crippen molar-refractivity contribution in [3.05, 3.63) is 29.3 Å². The molecule has 210 valence electrons. The van der Waals surface area contributed by atoms with Crippen molar-refractivity contribution in [3.63, 3.8) is 0 Å². The summed E-state index contributed by atoms with van der Waals surface area (Å²) < 4.78 is 32.4. The van der Waals surface area contributed by atoms with Crippen molar-refractivity contribution in [2.24, 2.45) is 5.14 Å². The van der Waals surface area contributed by atoms with E-state index in [1.165, 1.54) is 18.0 Å². The SMILES string of the molecule is CN(C(=O)c1c(C=O)cccc1NCCOCCOCCC(=O)NCCS(N)(=O)=O)C1CCC(=O)NC1=O. The number of anilines is 1. The first-order valence-electron chi connectivity index (χ1n) is 11.9. The Morgan fingerprint density at radius 3 is 2.53 bits per heavy atom. The van der Waals surface area contributed by atoms with Crippen LogP contribution in [0.4, 0.5) is 5.69 Å². The fourth-order valence-corrected chi connectivity index (χ4v) is 3.98. The summed E-state index contributed by atoms with van der Waals surface area (Å²) in [6.45, 7) is 1.09. The Balaban J connectivity index is 1.75. The van der Waals surface area contributed by atoms with Crippen LogP contribution >= 0.6 is 0 Å². The molecule has 0 aromatic heterocycles. The van der Waals surface area contributed by atoms with Crippen LogP contribution < -0.4 is 21.1 Å². The Hall–Kier alpha value is -3.40. The molecule has 1 aliphatic heterocycles. The van der Waals surface area contributed by atoms with Crippen LogP contribution in [0.25, 0.3) is 0 Å². The maximum absolute atomic E-state index is 13.2. The monoisotopic (exact) mass is 555 g/mol. The van der Waals surface area contributed by atoms with E-state index in [1.807, 2.05) is 0 Å². The third-order valence-electron chi connectivity index (χ3n) is 5.55. The molecule has 1 aliphatic rings. The minimum Gasteiger partial charge on any atom is -0.382 e. The van der Waals surface area contributed by atoms with Crippen molar-refractivity contribution in [1.82, 2.24) is 15.5 Å². The minimum absolute atomic E-state index is 0.0589. The number of aldehydes is 1. The number of sulfonamides is 1. The van der Waals surface area contributed by atoms with E-state index >= 15 is 0 Å². The van der Waals surface area contributed by atoms with E-state index in [1.54, 1.807) is 12.1 Å². The molecule has 0 saturated carbocycles. The number of amides is 4. The summed E-state index contributed by atoms with van der Waals surface area (Å²) in [5.74, 6) is -2.18. The van der Waals surface area contributed by atoms with Gasteiger partial charge in [-0.25, -0.2) is 13.6 Å². The Labute approximate surface area is 220 Å². The number of primary sulfonamides is 1. The van der Waals surface area contributed by atoms with Gasteiger partial charge in [-0.3, -0.25) is 29.3 Å². The summed E-state index contributed by atoms with van der Waals surface area (Å²) in [6.07, 6.45) is 0.927. The zero-order valence-electron chi connectivity index (χ0n) is 21.1. The number of carbonyl (C=O) groups excluding carboxylic acids is 5. The molecule has 1 aromatic carbocycles. The van der Waals surface area contributed by atoms with E-state index in [-0.39, 0.29) is 75.0 Å². The fraction of sp³-hybridized carbons (Fsp3) is 0.522. The third kappa shape index (κ3) is 10.2. The number of hydrogen-bond donors (Lipinski definition) is 4. The van der Waals surface area contributed by atoms with Crippen molar-refractivity contribution in [3.8, 4) is 0 Å². The molecule has 1 atom stereocenters. The number of nitrogens with zero attached hydrogens (tertiary/aromatic N) is 1. The van der Waals surface area contributed by atoms with E-state index in [0.717, 1.165) is 0 Å². The van der Waals surface area contributed by atoms with E-state index in [9.17, 15) is 32.4 Å². The first-order chi connectivity index (χ1) is 18.0. The second kappa shape index (κ2) is 15.1. The number of hydrogen-bond acceptors (Lipinski definition) is 10. The minimum atomic E-state index is -3.63. The van der Waals surface area contributed by atoms with Crippen LogP contribution in [0.2, 0.25) is 0 Å². The van der Waals surface area contributed by atoms with Crippen molar-refractivity contribution < 1.29 is 41.9 Å². The highest BCUT2D eigenvalue weighted by Crippen LogP contribution is 2.23. The molecule has 0 spiro atoms. The molecule has 15 heteroatoms. The number of rotatable bonds is 16. The first-order valence-corrected chi connectivity index (χ1v) is 13.6. The molecule has 1 fully saturated rings. The smallest absolute Gasteiger partial charge is 0.257 e. The van der Waals surface area contributed by atoms with E-state index in [4.69, 9.17) is 14.6 Å². The van der Waals surface area contributed by atoms with Crippen LogP contribution in [0.1, 0.15) is 40.0 Å². The normalized spacial score (nSPS) is 15.5. The summed E-state index contributed by atoms with van der Waals surface area (Å²) in [5, 5.41) is 12.6. The fourth-order valence-electron chi connectivity index (χ4n) is 3.59. The van der Waals surface area contributed by atoms with Gasteiger partial charge < -0.3 is 25.0 Å². The average molecular weight is 556 g/mol. The summed E-state index contributed by atoms with van der Waals surface area (Å²) >= 11 is 0. The van der Waals surface area contributed by atoms with Crippen molar-refractivity contribution in [2.75, 3.05) is 57.6 Å². The molecule has 0 aliphatic carbocycles. The van der Waals surface area contributed by atoms with Crippen LogP contribution in [-0.2, 0) is 33.9 Å². The second-order valence-electron chi connectivity index (χ2n) is 8.39. The molecule has 0 radical (unpaired) electrons. The lowest BCUT2D eigenvalue weighted by atomic mass is 10.0. The molecule has 14 nitrogen and oxygen atoms in total. The topological polar surface area (TPSA) is 203 Å². The highest BCUT2D eigenvalue weighted by Gasteiger charge is 2.34. The maximum atomic E-state index is 13.2. The molecule has 1 saturated heterocycles. The van der Waals surface area contributed by atoms with Gasteiger partial charge >= 0.3 is 0 Å². The summed E-state index contributed by atoms with van der Waals surface area (Å²) in [7, 11) is -2.18. The number of benzene rings is 1.